The molecule has 0 aliphatic carbocycles. The molecule has 10 nitrogen and oxygen atoms in total. The first-order valence-corrected chi connectivity index (χ1v) is 18.6. The van der Waals surface area contributed by atoms with Crippen LogP contribution in [0.25, 0.3) is 0 Å². The van der Waals surface area contributed by atoms with Gasteiger partial charge in [0.25, 0.3) is 0 Å². The van der Waals surface area contributed by atoms with Crippen LogP contribution in [-0.2, 0) is 33.3 Å². The zero-order valence-corrected chi connectivity index (χ0v) is 27.7. The molecule has 0 radical (unpaired) electrons. The van der Waals surface area contributed by atoms with Crippen molar-refractivity contribution in [2.75, 3.05) is 6.61 Å². The number of Topliss-reactive ketones (excluding diaryl/α,β-unsaturated/α-hetero) is 1. The number of epoxide rings is 1. The largest absolute Gasteiger partial charge is 0.459 e. The highest BCUT2D eigenvalue weighted by atomic mass is 28.4. The number of allylic oxidation sites excluding steroid dienone is 2. The number of ketones is 1. The second-order valence-corrected chi connectivity index (χ2v) is 17.3. The molecule has 0 aromatic carbocycles. The fourth-order valence-corrected chi connectivity index (χ4v) is 6.58. The number of esters is 1. The third-order valence-corrected chi connectivity index (χ3v) is 9.87. The molecule has 0 aromatic heterocycles. The van der Waals surface area contributed by atoms with E-state index in [9.17, 15) is 24.3 Å². The fourth-order valence-electron chi connectivity index (χ4n) is 5.69. The summed E-state index contributed by atoms with van der Waals surface area (Å²) >= 11 is 0. The van der Waals surface area contributed by atoms with Crippen molar-refractivity contribution in [2.24, 2.45) is 5.92 Å². The molecule has 3 aliphatic heterocycles. The summed E-state index contributed by atoms with van der Waals surface area (Å²) in [6.07, 6.45) is 8.99. The predicted molar refractivity (Wildman–Crippen MR) is 165 cm³/mol. The van der Waals surface area contributed by atoms with Gasteiger partial charge in [0.15, 0.2) is 8.32 Å². The molecule has 3 fully saturated rings. The standard InChI is InChI=1S/C32H51NO9Si/c1-20(8-11-28-21(2)16-27(23(4)41-28)33-30(36)13-10-22(3)40-24(5)34)9-12-29-31(37)32(19-39-32)18-26(42-29)17-25(35)14-15-43(6,7)38/h8-10,12-13,21-23,26-29,31,37-38H,11,14-19H2,1-7H3,(H,33,36)/b12-9+,13-10-,20-8+/t21-,22-,23+,26+,27+,28-,29+,31+,32+/m0/s1. The molecule has 1 spiro atoms. The summed E-state index contributed by atoms with van der Waals surface area (Å²) in [6, 6.07) is 0.403. The van der Waals surface area contributed by atoms with Crippen molar-refractivity contribution in [1.29, 1.82) is 0 Å². The van der Waals surface area contributed by atoms with E-state index >= 15 is 0 Å². The minimum absolute atomic E-state index is 0.00644. The lowest BCUT2D eigenvalue weighted by Gasteiger charge is -2.39. The summed E-state index contributed by atoms with van der Waals surface area (Å²) in [4.78, 5) is 46.0. The monoisotopic (exact) mass is 621 g/mol. The van der Waals surface area contributed by atoms with Gasteiger partial charge in [0.2, 0.25) is 5.91 Å². The number of carbonyl (C=O) groups excluding carboxylic acids is 3. The minimum atomic E-state index is -2.29. The van der Waals surface area contributed by atoms with Gasteiger partial charge in [-0.15, -0.1) is 0 Å². The van der Waals surface area contributed by atoms with Crippen molar-refractivity contribution in [1.82, 2.24) is 5.32 Å². The Morgan fingerprint density at radius 3 is 2.49 bits per heavy atom. The predicted octanol–water partition coefficient (Wildman–Crippen LogP) is 3.52. The van der Waals surface area contributed by atoms with Gasteiger partial charge in [-0.1, -0.05) is 30.7 Å². The molecule has 0 bridgehead atoms. The molecule has 3 heterocycles. The lowest BCUT2D eigenvalue weighted by atomic mass is 9.86. The van der Waals surface area contributed by atoms with Gasteiger partial charge in [-0.05, 0) is 64.7 Å². The molecule has 0 saturated carbocycles. The number of hydrogen-bond donors (Lipinski definition) is 3. The number of amides is 1. The summed E-state index contributed by atoms with van der Waals surface area (Å²) < 4.78 is 23.1. The smallest absolute Gasteiger partial charge is 0.303 e. The highest BCUT2D eigenvalue weighted by Crippen LogP contribution is 2.43. The summed E-state index contributed by atoms with van der Waals surface area (Å²) in [5.41, 5.74) is 0.353. The lowest BCUT2D eigenvalue weighted by Crippen LogP contribution is -2.50. The van der Waals surface area contributed by atoms with Crippen LogP contribution in [0.4, 0.5) is 0 Å². The average molecular weight is 622 g/mol. The van der Waals surface area contributed by atoms with Crippen LogP contribution < -0.4 is 5.32 Å². The second kappa shape index (κ2) is 15.2. The molecule has 1 amide bonds. The van der Waals surface area contributed by atoms with Gasteiger partial charge in [-0.2, -0.15) is 0 Å². The molecule has 3 N–H and O–H groups in total. The summed E-state index contributed by atoms with van der Waals surface area (Å²) in [5.74, 6) is -0.371. The zero-order valence-electron chi connectivity index (χ0n) is 26.7. The second-order valence-electron chi connectivity index (χ2n) is 13.2. The molecule has 0 unspecified atom stereocenters. The van der Waals surface area contributed by atoms with Gasteiger partial charge in [0.1, 0.15) is 29.7 Å². The van der Waals surface area contributed by atoms with Crippen LogP contribution in [0.2, 0.25) is 19.1 Å². The van der Waals surface area contributed by atoms with Crippen LogP contribution in [0, 0.1) is 5.92 Å². The number of nitrogens with one attached hydrogen (secondary N) is 1. The maximum absolute atomic E-state index is 12.5. The Kier molecular flexibility index (Phi) is 12.5. The van der Waals surface area contributed by atoms with Crippen molar-refractivity contribution in [3.63, 3.8) is 0 Å². The molecule has 3 aliphatic rings. The highest BCUT2D eigenvalue weighted by Gasteiger charge is 2.58. The molecular formula is C32H51NO9Si. The average Bonchev–Trinajstić information content (AvgIpc) is 3.67. The molecule has 9 atom stereocenters. The van der Waals surface area contributed by atoms with Crippen LogP contribution >= 0.6 is 0 Å². The molecule has 43 heavy (non-hydrogen) atoms. The van der Waals surface area contributed by atoms with Gasteiger partial charge >= 0.3 is 5.97 Å². The zero-order chi connectivity index (χ0) is 31.9. The number of aliphatic hydroxyl groups is 1. The van der Waals surface area contributed by atoms with E-state index in [4.69, 9.17) is 18.9 Å². The van der Waals surface area contributed by atoms with Gasteiger partial charge < -0.3 is 34.2 Å². The summed E-state index contributed by atoms with van der Waals surface area (Å²) in [5, 5.41) is 13.9. The Bertz CT molecular complexity index is 1080. The topological polar surface area (TPSA) is 144 Å². The Balaban J connectivity index is 1.50. The van der Waals surface area contributed by atoms with Crippen molar-refractivity contribution in [3.8, 4) is 0 Å². The Hall–Kier alpha value is -2.15. The van der Waals surface area contributed by atoms with Crippen LogP contribution in [0.5, 0.6) is 0 Å². The molecule has 0 aromatic rings. The summed E-state index contributed by atoms with van der Waals surface area (Å²) in [7, 11) is -2.29. The first kappa shape index (κ1) is 35.3. The normalized spacial score (nSPS) is 34.0. The van der Waals surface area contributed by atoms with Crippen LogP contribution in [0.3, 0.4) is 0 Å². The van der Waals surface area contributed by atoms with Crippen LogP contribution in [-0.4, -0.2) is 90.8 Å². The maximum atomic E-state index is 12.5. The van der Waals surface area contributed by atoms with Gasteiger partial charge in [-0.3, -0.25) is 14.4 Å². The number of carbonyl (C=O) groups is 3. The van der Waals surface area contributed by atoms with E-state index in [1.54, 1.807) is 13.0 Å². The highest BCUT2D eigenvalue weighted by molar-refractivity contribution is 6.69. The first-order chi connectivity index (χ1) is 20.1. The molecule has 11 heteroatoms. The Morgan fingerprint density at radius 1 is 1.16 bits per heavy atom. The van der Waals surface area contributed by atoms with E-state index in [0.29, 0.717) is 31.9 Å². The van der Waals surface area contributed by atoms with E-state index in [0.717, 1.165) is 12.0 Å². The fraction of sp³-hybridized carbons (Fsp3) is 0.719. The van der Waals surface area contributed by atoms with Crippen molar-refractivity contribution < 1.29 is 43.2 Å². The van der Waals surface area contributed by atoms with E-state index in [2.05, 4.69) is 18.3 Å². The van der Waals surface area contributed by atoms with Gasteiger partial charge in [-0.25, -0.2) is 0 Å². The number of aliphatic hydroxyl groups excluding tert-OH is 1. The van der Waals surface area contributed by atoms with Crippen molar-refractivity contribution >= 4 is 26.0 Å². The quantitative estimate of drug-likeness (QED) is 0.0925. The van der Waals surface area contributed by atoms with Crippen LogP contribution in [0.1, 0.15) is 66.7 Å². The lowest BCUT2D eigenvalue weighted by molar-refractivity contribution is -0.144. The minimum Gasteiger partial charge on any atom is -0.459 e. The molecular weight excluding hydrogens is 570 g/mol. The molecule has 3 saturated heterocycles. The van der Waals surface area contributed by atoms with Gasteiger partial charge in [0.05, 0.1) is 31.0 Å². The van der Waals surface area contributed by atoms with Crippen molar-refractivity contribution in [2.45, 2.75) is 134 Å². The number of hydrogen-bond acceptors (Lipinski definition) is 9. The molecule has 3 rings (SSSR count). The van der Waals surface area contributed by atoms with E-state index in [1.807, 2.05) is 39.1 Å². The van der Waals surface area contributed by atoms with Gasteiger partial charge in [0, 0.05) is 32.3 Å². The Labute approximate surface area is 257 Å². The SMILES string of the molecule is CC(=O)O[C@@H](C)/C=C\C(=O)N[C@@H]1C[C@H](C)[C@H](C/C=C(C)/C=C/[C@H]2O[C@H](CC(=O)CC[Si](C)(C)O)C[C@@]3(CO3)[C@@H]2O)O[C@@H]1C. The first-order valence-electron chi connectivity index (χ1n) is 15.4. The third-order valence-electron chi connectivity index (χ3n) is 8.39. The van der Waals surface area contributed by atoms with E-state index in [-0.39, 0.29) is 48.4 Å². The van der Waals surface area contributed by atoms with E-state index in [1.165, 1.54) is 13.0 Å². The van der Waals surface area contributed by atoms with E-state index < -0.39 is 38.2 Å². The number of rotatable bonds is 13. The summed E-state index contributed by atoms with van der Waals surface area (Å²) in [6.45, 7) is 13.2. The van der Waals surface area contributed by atoms with Crippen molar-refractivity contribution in [3.05, 3.63) is 36.0 Å². The number of ether oxygens (including phenoxy) is 4. The third kappa shape index (κ3) is 11.4. The molecule has 242 valence electrons. The Morgan fingerprint density at radius 2 is 1.86 bits per heavy atom. The van der Waals surface area contributed by atoms with Crippen LogP contribution in [0.15, 0.2) is 36.0 Å². The maximum Gasteiger partial charge on any atom is 0.303 e.